The monoisotopic (exact) mass is 410 g/mol. The molecule has 1 aliphatic heterocycles. The minimum atomic E-state index is -3.70. The van der Waals surface area contributed by atoms with E-state index in [2.05, 4.69) is 10.3 Å². The van der Waals surface area contributed by atoms with Gasteiger partial charge in [0.05, 0.1) is 12.2 Å². The van der Waals surface area contributed by atoms with Crippen LogP contribution in [0.1, 0.15) is 25.3 Å². The summed E-state index contributed by atoms with van der Waals surface area (Å²) in [5, 5.41) is 3.52. The third-order valence-corrected chi connectivity index (χ3v) is 6.77. The van der Waals surface area contributed by atoms with Crippen LogP contribution in [-0.2, 0) is 21.4 Å². The Kier molecular flexibility index (Phi) is 5.88. The molecule has 2 aromatic rings. The van der Waals surface area contributed by atoms with Crippen molar-refractivity contribution in [2.24, 2.45) is 5.92 Å². The highest BCUT2D eigenvalue weighted by atomic mass is 35.5. The predicted molar refractivity (Wildman–Crippen MR) is 104 cm³/mol. The van der Waals surface area contributed by atoms with E-state index in [0.29, 0.717) is 36.6 Å². The number of benzene rings is 1. The normalized spacial score (nSPS) is 18.4. The Balaban J connectivity index is 1.72. The maximum Gasteiger partial charge on any atom is 0.262 e. The lowest BCUT2D eigenvalue weighted by atomic mass is 9.98. The second-order valence-corrected chi connectivity index (χ2v) is 9.01. The first-order valence-electron chi connectivity index (χ1n) is 8.90. The summed E-state index contributed by atoms with van der Waals surface area (Å²) in [6, 6.07) is 5.25. The fourth-order valence-corrected chi connectivity index (χ4v) is 4.84. The number of hydrogen-bond acceptors (Lipinski definition) is 4. The van der Waals surface area contributed by atoms with Crippen LogP contribution in [0, 0.1) is 12.8 Å². The highest BCUT2D eigenvalue weighted by Gasteiger charge is 2.34. The fraction of sp³-hybridized carbons (Fsp3) is 0.444. The van der Waals surface area contributed by atoms with Crippen LogP contribution in [0.25, 0.3) is 0 Å². The molecule has 1 aromatic heterocycles. The van der Waals surface area contributed by atoms with Crippen LogP contribution in [0.15, 0.2) is 35.7 Å². The molecule has 2 heterocycles. The Morgan fingerprint density at radius 2 is 2.19 bits per heavy atom. The third kappa shape index (κ3) is 4.34. The highest BCUT2D eigenvalue weighted by Crippen LogP contribution is 2.25. The van der Waals surface area contributed by atoms with Crippen LogP contribution in [0.3, 0.4) is 0 Å². The van der Waals surface area contributed by atoms with Crippen LogP contribution in [0.4, 0.5) is 5.69 Å². The largest absolute Gasteiger partial charge is 0.336 e. The van der Waals surface area contributed by atoms with Crippen LogP contribution < -0.4 is 5.32 Å². The van der Waals surface area contributed by atoms with Crippen molar-refractivity contribution >= 4 is 33.2 Å². The number of nitrogens with one attached hydrogen (secondary N) is 1. The molecule has 0 radical (unpaired) electrons. The fourth-order valence-electron chi connectivity index (χ4n) is 3.15. The molecule has 0 bridgehead atoms. The van der Waals surface area contributed by atoms with E-state index < -0.39 is 15.9 Å². The van der Waals surface area contributed by atoms with E-state index in [9.17, 15) is 13.2 Å². The number of rotatable bonds is 5. The van der Waals surface area contributed by atoms with Gasteiger partial charge in [-0.05, 0) is 50.5 Å². The van der Waals surface area contributed by atoms with Crippen LogP contribution in [-0.4, -0.2) is 41.3 Å². The van der Waals surface area contributed by atoms with Crippen molar-refractivity contribution < 1.29 is 13.2 Å². The summed E-state index contributed by atoms with van der Waals surface area (Å²) in [6.07, 6.45) is 4.31. The number of carbonyl (C=O) groups excluding carboxylic acids is 1. The Morgan fingerprint density at radius 3 is 2.85 bits per heavy atom. The number of aromatic nitrogens is 2. The van der Waals surface area contributed by atoms with Crippen molar-refractivity contribution in [3.05, 3.63) is 41.3 Å². The van der Waals surface area contributed by atoms with Crippen LogP contribution in [0.2, 0.25) is 5.02 Å². The molecule has 1 aromatic carbocycles. The number of amides is 1. The molecule has 1 aliphatic rings. The number of aryl methyl sites for hydroxylation is 2. The molecule has 1 N–H and O–H groups in total. The maximum absolute atomic E-state index is 12.8. The van der Waals surface area contributed by atoms with E-state index in [1.54, 1.807) is 22.8 Å². The summed E-state index contributed by atoms with van der Waals surface area (Å²) < 4.78 is 28.7. The summed E-state index contributed by atoms with van der Waals surface area (Å²) in [5.41, 5.74) is 1.55. The average Bonchev–Trinajstić information content (AvgIpc) is 3.14. The molecule has 1 saturated heterocycles. The van der Waals surface area contributed by atoms with Crippen molar-refractivity contribution in [3.8, 4) is 0 Å². The molecule has 1 amide bonds. The number of carbonyl (C=O) groups is 1. The van der Waals surface area contributed by atoms with Gasteiger partial charge in [0.2, 0.25) is 5.91 Å². The summed E-state index contributed by atoms with van der Waals surface area (Å²) in [5.74, 6) is -0.587. The Morgan fingerprint density at radius 1 is 1.41 bits per heavy atom. The van der Waals surface area contributed by atoms with E-state index in [0.717, 1.165) is 5.56 Å². The molecule has 1 fully saturated rings. The van der Waals surface area contributed by atoms with Gasteiger partial charge in [0.1, 0.15) is 0 Å². The van der Waals surface area contributed by atoms with Crippen molar-refractivity contribution in [1.82, 2.24) is 13.9 Å². The summed E-state index contributed by atoms with van der Waals surface area (Å²) >= 11 is 5.95. The van der Waals surface area contributed by atoms with E-state index >= 15 is 0 Å². The predicted octanol–water partition coefficient (Wildman–Crippen LogP) is 2.90. The number of piperidine rings is 1. The van der Waals surface area contributed by atoms with E-state index in [1.807, 2.05) is 13.8 Å². The average molecular weight is 411 g/mol. The standard InChI is InChI=1S/C18H23ClN4O3S/c1-3-22-11-17(20-12-22)27(25,26)23-8-4-5-14(10-23)18(24)21-16-7-6-15(19)9-13(16)2/h6-7,9,11-12,14H,3-5,8,10H2,1-2H3,(H,21,24). The smallest absolute Gasteiger partial charge is 0.262 e. The Bertz CT molecular complexity index is 942. The number of hydrogen-bond donors (Lipinski definition) is 1. The lowest BCUT2D eigenvalue weighted by Gasteiger charge is -2.30. The Labute approximate surface area is 164 Å². The summed E-state index contributed by atoms with van der Waals surface area (Å²) in [6.45, 7) is 4.97. The molecular weight excluding hydrogens is 388 g/mol. The van der Waals surface area contributed by atoms with Gasteiger partial charge >= 0.3 is 0 Å². The van der Waals surface area contributed by atoms with Crippen molar-refractivity contribution in [2.75, 3.05) is 18.4 Å². The SMILES string of the molecule is CCn1cnc(S(=O)(=O)N2CCCC(C(=O)Nc3ccc(Cl)cc3C)C2)c1. The molecule has 1 unspecified atom stereocenters. The number of sulfonamides is 1. The molecule has 1 atom stereocenters. The molecule has 9 heteroatoms. The van der Waals surface area contributed by atoms with E-state index in [4.69, 9.17) is 11.6 Å². The lowest BCUT2D eigenvalue weighted by molar-refractivity contribution is -0.120. The second kappa shape index (κ2) is 8.00. The molecule has 27 heavy (non-hydrogen) atoms. The molecule has 0 saturated carbocycles. The number of imidazole rings is 1. The first-order valence-corrected chi connectivity index (χ1v) is 10.7. The van der Waals surface area contributed by atoms with Gasteiger partial charge in [0, 0.05) is 36.5 Å². The van der Waals surface area contributed by atoms with Gasteiger partial charge in [-0.15, -0.1) is 0 Å². The number of halogens is 1. The van der Waals surface area contributed by atoms with Gasteiger partial charge in [-0.1, -0.05) is 11.6 Å². The van der Waals surface area contributed by atoms with Crippen molar-refractivity contribution in [3.63, 3.8) is 0 Å². The second-order valence-electron chi connectivity index (χ2n) is 6.69. The summed E-state index contributed by atoms with van der Waals surface area (Å²) in [4.78, 5) is 16.7. The van der Waals surface area contributed by atoms with Gasteiger partial charge < -0.3 is 9.88 Å². The van der Waals surface area contributed by atoms with Gasteiger partial charge in [-0.3, -0.25) is 4.79 Å². The molecule has 3 rings (SSSR count). The minimum absolute atomic E-state index is 0.0268. The van der Waals surface area contributed by atoms with Gasteiger partial charge in [-0.2, -0.15) is 4.31 Å². The quantitative estimate of drug-likeness (QED) is 0.821. The Hall–Kier alpha value is -1.90. The van der Waals surface area contributed by atoms with Gasteiger partial charge in [-0.25, -0.2) is 13.4 Å². The zero-order valence-electron chi connectivity index (χ0n) is 15.4. The third-order valence-electron chi connectivity index (χ3n) is 4.78. The van der Waals surface area contributed by atoms with E-state index in [-0.39, 0.29) is 17.5 Å². The van der Waals surface area contributed by atoms with Crippen molar-refractivity contribution in [1.29, 1.82) is 0 Å². The highest BCUT2D eigenvalue weighted by molar-refractivity contribution is 7.89. The lowest BCUT2D eigenvalue weighted by Crippen LogP contribution is -2.43. The summed E-state index contributed by atoms with van der Waals surface area (Å²) in [7, 11) is -3.70. The maximum atomic E-state index is 12.8. The topological polar surface area (TPSA) is 84.3 Å². The molecule has 146 valence electrons. The minimum Gasteiger partial charge on any atom is -0.336 e. The first kappa shape index (κ1) is 19.9. The molecule has 0 spiro atoms. The molecule has 7 nitrogen and oxygen atoms in total. The van der Waals surface area contributed by atoms with Gasteiger partial charge in [0.15, 0.2) is 5.03 Å². The zero-order valence-corrected chi connectivity index (χ0v) is 16.9. The van der Waals surface area contributed by atoms with E-state index in [1.165, 1.54) is 16.8 Å². The van der Waals surface area contributed by atoms with Gasteiger partial charge in [0.25, 0.3) is 10.0 Å². The zero-order chi connectivity index (χ0) is 19.6. The number of nitrogens with zero attached hydrogens (tertiary/aromatic N) is 3. The van der Waals surface area contributed by atoms with Crippen LogP contribution >= 0.6 is 11.6 Å². The number of anilines is 1. The molecule has 0 aliphatic carbocycles. The molecular formula is C18H23ClN4O3S. The first-order chi connectivity index (χ1) is 12.8. The van der Waals surface area contributed by atoms with Crippen molar-refractivity contribution in [2.45, 2.75) is 38.3 Å². The van der Waals surface area contributed by atoms with Crippen LogP contribution in [0.5, 0.6) is 0 Å².